The number of nitro benzene ring substituents is 1. The van der Waals surface area contributed by atoms with Crippen LogP contribution in [0.4, 0.5) is 15.8 Å². The van der Waals surface area contributed by atoms with E-state index in [0.29, 0.717) is 12.8 Å². The van der Waals surface area contributed by atoms with E-state index in [1.165, 1.54) is 19.2 Å². The Balaban J connectivity index is 3.05. The van der Waals surface area contributed by atoms with E-state index >= 15 is 0 Å². The second kappa shape index (κ2) is 6.67. The van der Waals surface area contributed by atoms with Gasteiger partial charge in [-0.15, -0.1) is 0 Å². The monoisotopic (exact) mass is 270 g/mol. The van der Waals surface area contributed by atoms with Crippen molar-refractivity contribution in [2.75, 3.05) is 12.4 Å². The summed E-state index contributed by atoms with van der Waals surface area (Å²) in [6.45, 7) is 1.86. The molecule has 0 aliphatic heterocycles. The molecule has 1 unspecified atom stereocenters. The van der Waals surface area contributed by atoms with Crippen LogP contribution in [0.1, 0.15) is 19.8 Å². The number of esters is 1. The Kier molecular flexibility index (Phi) is 5.23. The van der Waals surface area contributed by atoms with E-state index in [-0.39, 0.29) is 5.69 Å². The summed E-state index contributed by atoms with van der Waals surface area (Å²) in [5.41, 5.74) is -0.707. The van der Waals surface area contributed by atoms with Crippen LogP contribution in [0.5, 0.6) is 0 Å². The third-order valence-corrected chi connectivity index (χ3v) is 2.56. The number of ether oxygens (including phenoxy) is 1. The maximum atomic E-state index is 13.4. The minimum Gasteiger partial charge on any atom is -0.467 e. The zero-order chi connectivity index (χ0) is 14.4. The average molecular weight is 270 g/mol. The lowest BCUT2D eigenvalue weighted by atomic mass is 10.1. The van der Waals surface area contributed by atoms with E-state index in [2.05, 4.69) is 10.1 Å². The van der Waals surface area contributed by atoms with Gasteiger partial charge in [-0.3, -0.25) is 10.1 Å². The van der Waals surface area contributed by atoms with Crippen LogP contribution in [0.3, 0.4) is 0 Å². The number of nitrogens with zero attached hydrogens (tertiary/aromatic N) is 1. The van der Waals surface area contributed by atoms with Crippen molar-refractivity contribution in [2.45, 2.75) is 25.8 Å². The average Bonchev–Trinajstić information content (AvgIpc) is 2.37. The van der Waals surface area contributed by atoms with Crippen LogP contribution in [0.2, 0.25) is 0 Å². The van der Waals surface area contributed by atoms with Crippen LogP contribution in [0.15, 0.2) is 18.2 Å². The fraction of sp³-hybridized carbons (Fsp3) is 0.417. The summed E-state index contributed by atoms with van der Waals surface area (Å²) >= 11 is 0. The maximum Gasteiger partial charge on any atom is 0.328 e. The smallest absolute Gasteiger partial charge is 0.328 e. The molecule has 0 aliphatic rings. The molecule has 0 fully saturated rings. The molecule has 7 heteroatoms. The molecule has 0 bridgehead atoms. The molecule has 1 aromatic carbocycles. The second-order valence-electron chi connectivity index (χ2n) is 3.90. The minimum absolute atomic E-state index is 0.0335. The lowest BCUT2D eigenvalue weighted by Crippen LogP contribution is -2.30. The summed E-state index contributed by atoms with van der Waals surface area (Å²) in [5.74, 6) is -1.49. The molecule has 0 saturated heterocycles. The lowest BCUT2D eigenvalue weighted by Gasteiger charge is -2.16. The molecule has 19 heavy (non-hydrogen) atoms. The van der Waals surface area contributed by atoms with Gasteiger partial charge in [0.15, 0.2) is 0 Å². The van der Waals surface area contributed by atoms with Crippen LogP contribution in [0.25, 0.3) is 0 Å². The molecule has 0 spiro atoms. The van der Waals surface area contributed by atoms with E-state index in [1.807, 2.05) is 6.92 Å². The molecule has 0 saturated carbocycles. The van der Waals surface area contributed by atoms with Gasteiger partial charge in [0.1, 0.15) is 11.7 Å². The molecule has 0 radical (unpaired) electrons. The van der Waals surface area contributed by atoms with Gasteiger partial charge < -0.3 is 10.1 Å². The van der Waals surface area contributed by atoms with Gasteiger partial charge in [-0.05, 0) is 18.6 Å². The van der Waals surface area contributed by atoms with Crippen LogP contribution in [0, 0.1) is 15.9 Å². The number of nitro groups is 1. The van der Waals surface area contributed by atoms with E-state index in [9.17, 15) is 19.3 Å². The number of hydrogen-bond acceptors (Lipinski definition) is 5. The Morgan fingerprint density at radius 1 is 1.58 bits per heavy atom. The zero-order valence-electron chi connectivity index (χ0n) is 10.7. The number of carbonyl (C=O) groups is 1. The Morgan fingerprint density at radius 3 is 2.79 bits per heavy atom. The van der Waals surface area contributed by atoms with Crippen molar-refractivity contribution in [1.82, 2.24) is 0 Å². The Labute approximate surface area is 109 Å². The highest BCUT2D eigenvalue weighted by atomic mass is 19.1. The first-order chi connectivity index (χ1) is 9.01. The van der Waals surface area contributed by atoms with Gasteiger partial charge in [0.2, 0.25) is 5.82 Å². The predicted molar refractivity (Wildman–Crippen MR) is 67.4 cm³/mol. The van der Waals surface area contributed by atoms with Crippen molar-refractivity contribution in [3.63, 3.8) is 0 Å². The largest absolute Gasteiger partial charge is 0.467 e. The van der Waals surface area contributed by atoms with Crippen LogP contribution >= 0.6 is 0 Å². The van der Waals surface area contributed by atoms with E-state index in [0.717, 1.165) is 6.07 Å². The summed E-state index contributed by atoms with van der Waals surface area (Å²) in [7, 11) is 1.23. The summed E-state index contributed by atoms with van der Waals surface area (Å²) in [5, 5.41) is 13.5. The van der Waals surface area contributed by atoms with Gasteiger partial charge in [0.05, 0.1) is 12.0 Å². The minimum atomic E-state index is -0.949. The van der Waals surface area contributed by atoms with E-state index < -0.39 is 28.4 Å². The highest BCUT2D eigenvalue weighted by Crippen LogP contribution is 2.28. The van der Waals surface area contributed by atoms with Gasteiger partial charge in [-0.25, -0.2) is 4.79 Å². The molecule has 104 valence electrons. The maximum absolute atomic E-state index is 13.4. The normalized spacial score (nSPS) is 11.7. The number of rotatable bonds is 6. The number of nitrogens with one attached hydrogen (secondary N) is 1. The van der Waals surface area contributed by atoms with Crippen molar-refractivity contribution >= 4 is 17.3 Å². The number of para-hydroxylation sites is 1. The van der Waals surface area contributed by atoms with Crippen molar-refractivity contribution in [2.24, 2.45) is 0 Å². The lowest BCUT2D eigenvalue weighted by molar-refractivity contribution is -0.386. The molecule has 1 rings (SSSR count). The number of hydrogen-bond donors (Lipinski definition) is 1. The van der Waals surface area contributed by atoms with Crippen molar-refractivity contribution in [1.29, 1.82) is 0 Å². The zero-order valence-corrected chi connectivity index (χ0v) is 10.7. The Morgan fingerprint density at radius 2 is 2.26 bits per heavy atom. The molecule has 1 aromatic rings. The Hall–Kier alpha value is -2.18. The summed E-state index contributed by atoms with van der Waals surface area (Å²) in [4.78, 5) is 21.5. The van der Waals surface area contributed by atoms with Gasteiger partial charge >= 0.3 is 11.7 Å². The summed E-state index contributed by atoms with van der Waals surface area (Å²) in [6.07, 6.45) is 1.11. The summed E-state index contributed by atoms with van der Waals surface area (Å²) < 4.78 is 18.0. The first kappa shape index (κ1) is 14.9. The molecule has 0 aliphatic carbocycles. The molecule has 0 amide bonds. The first-order valence-corrected chi connectivity index (χ1v) is 5.78. The number of methoxy groups -OCH3 is 1. The molecule has 0 heterocycles. The number of halogens is 1. The van der Waals surface area contributed by atoms with E-state index in [1.54, 1.807) is 0 Å². The molecule has 0 aromatic heterocycles. The quantitative estimate of drug-likeness (QED) is 0.488. The number of benzene rings is 1. The topological polar surface area (TPSA) is 81.5 Å². The standard InChI is InChI=1S/C12H15FN2O4/c1-3-5-10(12(16)19-2)14-9-7-4-6-8(13)11(9)15(17)18/h4,6-7,10,14H,3,5H2,1-2H3. The van der Waals surface area contributed by atoms with Crippen LogP contribution < -0.4 is 5.32 Å². The van der Waals surface area contributed by atoms with Gasteiger partial charge in [0.25, 0.3) is 0 Å². The third-order valence-electron chi connectivity index (χ3n) is 2.56. The third kappa shape index (κ3) is 3.64. The van der Waals surface area contributed by atoms with Crippen LogP contribution in [-0.2, 0) is 9.53 Å². The second-order valence-corrected chi connectivity index (χ2v) is 3.90. The van der Waals surface area contributed by atoms with Crippen molar-refractivity contribution in [3.05, 3.63) is 34.1 Å². The Bertz CT molecular complexity index is 479. The molecular weight excluding hydrogens is 255 g/mol. The first-order valence-electron chi connectivity index (χ1n) is 5.78. The number of anilines is 1. The van der Waals surface area contributed by atoms with Gasteiger partial charge in [-0.1, -0.05) is 19.4 Å². The molecular formula is C12H15FN2O4. The molecule has 1 atom stereocenters. The fourth-order valence-electron chi connectivity index (χ4n) is 1.68. The predicted octanol–water partition coefficient (Wildman–Crippen LogP) is 2.49. The summed E-state index contributed by atoms with van der Waals surface area (Å²) in [6, 6.07) is 2.95. The highest BCUT2D eigenvalue weighted by molar-refractivity contribution is 5.80. The van der Waals surface area contributed by atoms with E-state index in [4.69, 9.17) is 0 Å². The van der Waals surface area contributed by atoms with Gasteiger partial charge in [-0.2, -0.15) is 4.39 Å². The van der Waals surface area contributed by atoms with Crippen LogP contribution in [-0.4, -0.2) is 24.0 Å². The fourth-order valence-corrected chi connectivity index (χ4v) is 1.68. The number of carbonyl (C=O) groups excluding carboxylic acids is 1. The van der Waals surface area contributed by atoms with Crippen molar-refractivity contribution in [3.8, 4) is 0 Å². The highest BCUT2D eigenvalue weighted by Gasteiger charge is 2.25. The van der Waals surface area contributed by atoms with Gasteiger partial charge in [0, 0.05) is 0 Å². The SMILES string of the molecule is CCCC(Nc1cccc(F)c1[N+](=O)[O-])C(=O)OC. The molecule has 6 nitrogen and oxygen atoms in total. The van der Waals surface area contributed by atoms with Crippen molar-refractivity contribution < 1.29 is 18.8 Å². The molecule has 1 N–H and O–H groups in total.